The van der Waals surface area contributed by atoms with Gasteiger partial charge < -0.3 is 4.90 Å². The number of benzene rings is 1. The molecule has 1 rings (SSSR count). The first-order valence-electron chi connectivity index (χ1n) is 6.53. The average molecular weight is 245 g/mol. The van der Waals surface area contributed by atoms with E-state index in [4.69, 9.17) is 0 Å². The van der Waals surface area contributed by atoms with Crippen molar-refractivity contribution in [2.45, 2.75) is 33.1 Å². The van der Waals surface area contributed by atoms with Gasteiger partial charge in [-0.15, -0.1) is 0 Å². The smallest absolute Gasteiger partial charge is 0.161 e. The highest BCUT2D eigenvalue weighted by molar-refractivity contribution is 6.19. The molecule has 0 spiro atoms. The Hall–Kier alpha value is -1.57. The van der Waals surface area contributed by atoms with E-state index in [-0.39, 0.29) is 5.78 Å². The Morgan fingerprint density at radius 2 is 1.83 bits per heavy atom. The molecule has 0 N–H and O–H groups in total. The maximum Gasteiger partial charge on any atom is 0.161 e. The van der Waals surface area contributed by atoms with Crippen molar-refractivity contribution < 1.29 is 4.79 Å². The van der Waals surface area contributed by atoms with Crippen LogP contribution in [0, 0.1) is 0 Å². The second kappa shape index (κ2) is 7.00. The molecular formula is C16H23NO. The number of allylic oxidation sites excluding steroid dienone is 1. The quantitative estimate of drug-likeness (QED) is 0.715. The van der Waals surface area contributed by atoms with Gasteiger partial charge in [-0.25, -0.2) is 0 Å². The molecule has 0 atom stereocenters. The molecule has 2 nitrogen and oxygen atoms in total. The van der Waals surface area contributed by atoms with E-state index < -0.39 is 0 Å². The van der Waals surface area contributed by atoms with Crippen molar-refractivity contribution >= 4 is 11.4 Å². The van der Waals surface area contributed by atoms with Crippen LogP contribution in [0.3, 0.4) is 0 Å². The first-order chi connectivity index (χ1) is 8.54. The van der Waals surface area contributed by atoms with Crippen LogP contribution in [-0.2, 0) is 11.2 Å². The second-order valence-corrected chi connectivity index (χ2v) is 4.86. The van der Waals surface area contributed by atoms with E-state index in [0.717, 1.165) is 17.6 Å². The van der Waals surface area contributed by atoms with Crippen molar-refractivity contribution in [3.8, 4) is 0 Å². The molecule has 0 saturated carbocycles. The van der Waals surface area contributed by atoms with Crippen LogP contribution in [0.1, 0.15) is 37.8 Å². The van der Waals surface area contributed by atoms with E-state index in [1.54, 1.807) is 6.92 Å². The predicted octanol–water partition coefficient (Wildman–Crippen LogP) is 3.52. The number of aryl methyl sites for hydroxylation is 1. The summed E-state index contributed by atoms with van der Waals surface area (Å²) in [7, 11) is 3.86. The monoisotopic (exact) mass is 245 g/mol. The minimum atomic E-state index is 0.102. The van der Waals surface area contributed by atoms with Gasteiger partial charge in [0.15, 0.2) is 5.78 Å². The molecule has 2 heteroatoms. The third kappa shape index (κ3) is 4.36. The average Bonchev–Trinajstić information content (AvgIpc) is 2.34. The number of unbranched alkanes of at least 4 members (excludes halogenated alkanes) is 1. The van der Waals surface area contributed by atoms with Crippen molar-refractivity contribution in [3.05, 3.63) is 41.6 Å². The molecule has 18 heavy (non-hydrogen) atoms. The van der Waals surface area contributed by atoms with Gasteiger partial charge in [-0.2, -0.15) is 0 Å². The highest BCUT2D eigenvalue weighted by atomic mass is 16.1. The van der Waals surface area contributed by atoms with E-state index in [1.807, 2.05) is 37.3 Å². The zero-order valence-electron chi connectivity index (χ0n) is 11.9. The lowest BCUT2D eigenvalue weighted by Gasteiger charge is -2.10. The molecule has 0 aliphatic rings. The molecule has 0 radical (unpaired) electrons. The largest absolute Gasteiger partial charge is 0.383 e. The predicted molar refractivity (Wildman–Crippen MR) is 77.4 cm³/mol. The molecule has 0 heterocycles. The molecule has 0 saturated heterocycles. The highest BCUT2D eigenvalue weighted by Crippen LogP contribution is 2.17. The van der Waals surface area contributed by atoms with Crippen LogP contribution in [0.4, 0.5) is 0 Å². The van der Waals surface area contributed by atoms with Crippen LogP contribution in [-0.4, -0.2) is 24.8 Å². The second-order valence-electron chi connectivity index (χ2n) is 4.86. The molecule has 0 aliphatic carbocycles. The van der Waals surface area contributed by atoms with Crippen LogP contribution in [0.2, 0.25) is 0 Å². The molecule has 0 bridgehead atoms. The molecule has 0 aromatic heterocycles. The maximum absolute atomic E-state index is 11.6. The van der Waals surface area contributed by atoms with Gasteiger partial charge in [-0.05, 0) is 30.9 Å². The summed E-state index contributed by atoms with van der Waals surface area (Å²) in [5.74, 6) is 0.102. The number of nitrogens with zero attached hydrogens (tertiary/aromatic N) is 1. The van der Waals surface area contributed by atoms with Gasteiger partial charge in [-0.3, -0.25) is 4.79 Å². The van der Waals surface area contributed by atoms with E-state index >= 15 is 0 Å². The van der Waals surface area contributed by atoms with Gasteiger partial charge in [0.05, 0.1) is 0 Å². The van der Waals surface area contributed by atoms with Crippen molar-refractivity contribution in [1.82, 2.24) is 4.90 Å². The lowest BCUT2D eigenvalue weighted by atomic mass is 10.00. The van der Waals surface area contributed by atoms with E-state index in [2.05, 4.69) is 19.1 Å². The maximum atomic E-state index is 11.6. The number of carbonyl (C=O) groups is 1. The van der Waals surface area contributed by atoms with Gasteiger partial charge >= 0.3 is 0 Å². The number of hydrogen-bond donors (Lipinski definition) is 0. The number of Topliss-reactive ketones (excluding diaryl/α,β-unsaturated/α-hetero) is 1. The summed E-state index contributed by atoms with van der Waals surface area (Å²) >= 11 is 0. The summed E-state index contributed by atoms with van der Waals surface area (Å²) in [6, 6.07) is 8.33. The van der Waals surface area contributed by atoms with E-state index in [1.165, 1.54) is 18.4 Å². The number of hydrogen-bond acceptors (Lipinski definition) is 2. The lowest BCUT2D eigenvalue weighted by molar-refractivity contribution is -0.111. The Morgan fingerprint density at radius 1 is 1.22 bits per heavy atom. The van der Waals surface area contributed by atoms with E-state index in [9.17, 15) is 4.79 Å². The van der Waals surface area contributed by atoms with Crippen molar-refractivity contribution in [1.29, 1.82) is 0 Å². The normalized spacial score (nSPS) is 11.4. The van der Waals surface area contributed by atoms with Crippen molar-refractivity contribution in [3.63, 3.8) is 0 Å². The lowest BCUT2D eigenvalue weighted by Crippen LogP contribution is -2.06. The van der Waals surface area contributed by atoms with Crippen LogP contribution < -0.4 is 0 Å². The van der Waals surface area contributed by atoms with Crippen LogP contribution in [0.15, 0.2) is 30.5 Å². The molecule has 0 fully saturated rings. The van der Waals surface area contributed by atoms with Gasteiger partial charge in [0.25, 0.3) is 0 Å². The Morgan fingerprint density at radius 3 is 2.28 bits per heavy atom. The Bertz CT molecular complexity index is 415. The third-order valence-electron chi connectivity index (χ3n) is 2.85. The fourth-order valence-electron chi connectivity index (χ4n) is 1.86. The fraction of sp³-hybridized carbons (Fsp3) is 0.438. The van der Waals surface area contributed by atoms with Crippen molar-refractivity contribution in [2.24, 2.45) is 0 Å². The fourth-order valence-corrected chi connectivity index (χ4v) is 1.86. The number of rotatable bonds is 6. The number of carbonyl (C=O) groups excluding carboxylic acids is 1. The minimum Gasteiger partial charge on any atom is -0.383 e. The van der Waals surface area contributed by atoms with Crippen LogP contribution in [0.25, 0.3) is 5.57 Å². The zero-order chi connectivity index (χ0) is 13.5. The first kappa shape index (κ1) is 14.5. The first-order valence-corrected chi connectivity index (χ1v) is 6.53. The molecule has 1 aromatic rings. The Kier molecular flexibility index (Phi) is 5.63. The minimum absolute atomic E-state index is 0.102. The summed E-state index contributed by atoms with van der Waals surface area (Å²) < 4.78 is 0. The standard InChI is InChI=1S/C16H23NO/c1-5-6-7-14-8-10-15(11-9-14)16(13(2)18)12-17(3)4/h8-12H,5-7H2,1-4H3. The zero-order valence-corrected chi connectivity index (χ0v) is 11.9. The van der Waals surface area contributed by atoms with Gasteiger partial charge in [0.1, 0.15) is 0 Å². The highest BCUT2D eigenvalue weighted by Gasteiger charge is 2.07. The summed E-state index contributed by atoms with van der Waals surface area (Å²) in [5.41, 5.74) is 3.10. The Balaban J connectivity index is 2.91. The Labute approximate surface area is 110 Å². The molecule has 0 aliphatic heterocycles. The summed E-state index contributed by atoms with van der Waals surface area (Å²) in [5, 5.41) is 0. The van der Waals surface area contributed by atoms with Gasteiger partial charge in [0, 0.05) is 25.9 Å². The third-order valence-corrected chi connectivity index (χ3v) is 2.85. The SMILES string of the molecule is CCCCc1ccc(C(=CN(C)C)C(C)=O)cc1. The molecular weight excluding hydrogens is 222 g/mol. The molecule has 98 valence electrons. The molecule has 1 aromatic carbocycles. The van der Waals surface area contributed by atoms with Crippen molar-refractivity contribution in [2.75, 3.05) is 14.1 Å². The van der Waals surface area contributed by atoms with Gasteiger partial charge in [0.2, 0.25) is 0 Å². The number of ketones is 1. The summed E-state index contributed by atoms with van der Waals surface area (Å²) in [6.07, 6.45) is 5.42. The van der Waals surface area contributed by atoms with Crippen LogP contribution >= 0.6 is 0 Å². The van der Waals surface area contributed by atoms with E-state index in [0.29, 0.717) is 0 Å². The van der Waals surface area contributed by atoms with Gasteiger partial charge in [-0.1, -0.05) is 37.6 Å². The molecule has 0 unspecified atom stereocenters. The van der Waals surface area contributed by atoms with Crippen LogP contribution in [0.5, 0.6) is 0 Å². The molecule has 0 amide bonds. The summed E-state index contributed by atoms with van der Waals surface area (Å²) in [4.78, 5) is 13.5. The summed E-state index contributed by atoms with van der Waals surface area (Å²) in [6.45, 7) is 3.81. The topological polar surface area (TPSA) is 20.3 Å².